The maximum absolute atomic E-state index is 6.25. The summed E-state index contributed by atoms with van der Waals surface area (Å²) in [5.74, 6) is 0.661. The van der Waals surface area contributed by atoms with Gasteiger partial charge in [0.05, 0.1) is 16.8 Å². The highest BCUT2D eigenvalue weighted by molar-refractivity contribution is 6.06. The van der Waals surface area contributed by atoms with Crippen LogP contribution in [0.3, 0.4) is 0 Å². The lowest BCUT2D eigenvalue weighted by Crippen LogP contribution is -2.29. The molecule has 288 valence electrons. The maximum Gasteiger partial charge on any atom is 0.160 e. The van der Waals surface area contributed by atoms with Crippen molar-refractivity contribution in [3.63, 3.8) is 0 Å². The second-order valence-corrected chi connectivity index (χ2v) is 16.4. The highest BCUT2D eigenvalue weighted by Gasteiger charge is 2.49. The van der Waals surface area contributed by atoms with Gasteiger partial charge in [0.25, 0.3) is 0 Å². The number of nitrogens with zero attached hydrogens (tertiary/aromatic N) is 2. The van der Waals surface area contributed by atoms with Crippen LogP contribution in [0.25, 0.3) is 100 Å². The van der Waals surface area contributed by atoms with Gasteiger partial charge in [0, 0.05) is 27.5 Å². The van der Waals surface area contributed by atoms with E-state index < -0.39 is 5.41 Å². The minimum absolute atomic E-state index is 0.590. The minimum atomic E-state index is -0.590. The molecular weight excluding hydrogens is 753 g/mol. The molecule has 0 aliphatic heterocycles. The van der Waals surface area contributed by atoms with Crippen LogP contribution < -0.4 is 0 Å². The molecule has 0 amide bonds. The molecule has 13 rings (SSSR count). The zero-order valence-electron chi connectivity index (χ0n) is 33.6. The summed E-state index contributed by atoms with van der Waals surface area (Å²) in [5, 5.41) is 2.12. The van der Waals surface area contributed by atoms with E-state index >= 15 is 0 Å². The lowest BCUT2D eigenvalue weighted by atomic mass is 9.65. The smallest absolute Gasteiger partial charge is 0.160 e. The van der Waals surface area contributed by atoms with Gasteiger partial charge in [0.15, 0.2) is 5.82 Å². The first-order valence-corrected chi connectivity index (χ1v) is 21.2. The average molecular weight is 789 g/mol. The van der Waals surface area contributed by atoms with Crippen LogP contribution in [0.4, 0.5) is 0 Å². The largest absolute Gasteiger partial charge is 0.456 e. The molecule has 3 nitrogen and oxygen atoms in total. The predicted molar refractivity (Wildman–Crippen MR) is 253 cm³/mol. The fourth-order valence-corrected chi connectivity index (χ4v) is 10.4. The van der Waals surface area contributed by atoms with Crippen LogP contribution in [0.5, 0.6) is 0 Å². The average Bonchev–Trinajstić information content (AvgIpc) is 3.84. The van der Waals surface area contributed by atoms with Gasteiger partial charge in [-0.3, -0.25) is 0 Å². The van der Waals surface area contributed by atoms with E-state index in [2.05, 4.69) is 200 Å². The molecule has 2 aliphatic carbocycles. The second kappa shape index (κ2) is 13.4. The topological polar surface area (TPSA) is 38.9 Å². The Bertz CT molecular complexity index is 3540. The number of rotatable bonds is 4. The van der Waals surface area contributed by atoms with Gasteiger partial charge in [-0.2, -0.15) is 0 Å². The van der Waals surface area contributed by atoms with Crippen molar-refractivity contribution in [3.05, 3.63) is 241 Å². The van der Waals surface area contributed by atoms with Crippen molar-refractivity contribution in [3.8, 4) is 78.4 Å². The third-order valence-corrected chi connectivity index (χ3v) is 13.2. The van der Waals surface area contributed by atoms with Gasteiger partial charge in [-0.25, -0.2) is 9.97 Å². The molecule has 62 heavy (non-hydrogen) atoms. The van der Waals surface area contributed by atoms with E-state index in [1.54, 1.807) is 0 Å². The van der Waals surface area contributed by atoms with E-state index in [0.717, 1.165) is 55.6 Å². The van der Waals surface area contributed by atoms with Crippen LogP contribution >= 0.6 is 0 Å². The third kappa shape index (κ3) is 5.06. The lowest BCUT2D eigenvalue weighted by molar-refractivity contribution is 0.669. The van der Waals surface area contributed by atoms with Crippen LogP contribution in [-0.2, 0) is 5.41 Å². The molecule has 0 fully saturated rings. The van der Waals surface area contributed by atoms with Crippen LogP contribution in [0.15, 0.2) is 223 Å². The Morgan fingerprint density at radius 2 is 0.758 bits per heavy atom. The summed E-state index contributed by atoms with van der Waals surface area (Å²) in [6, 6.07) is 78.9. The molecule has 9 aromatic carbocycles. The van der Waals surface area contributed by atoms with Crippen molar-refractivity contribution in [2.75, 3.05) is 0 Å². The van der Waals surface area contributed by atoms with Gasteiger partial charge < -0.3 is 4.42 Å². The monoisotopic (exact) mass is 788 g/mol. The summed E-state index contributed by atoms with van der Waals surface area (Å²) in [5.41, 5.74) is 20.8. The van der Waals surface area contributed by atoms with Crippen LogP contribution in [0, 0.1) is 0 Å². The summed E-state index contributed by atoms with van der Waals surface area (Å²) in [4.78, 5) is 10.8. The van der Waals surface area contributed by atoms with E-state index in [0.29, 0.717) is 5.82 Å². The van der Waals surface area contributed by atoms with Crippen molar-refractivity contribution in [2.45, 2.75) is 5.41 Å². The number of hydrogen-bond donors (Lipinski definition) is 0. The molecule has 11 aromatic rings. The molecule has 2 aliphatic rings. The summed E-state index contributed by atoms with van der Waals surface area (Å²) in [6.07, 6.45) is 0. The summed E-state index contributed by atoms with van der Waals surface area (Å²) < 4.78 is 6.25. The molecular formula is C59H36N2O. The van der Waals surface area contributed by atoms with Crippen molar-refractivity contribution in [2.24, 2.45) is 0 Å². The maximum atomic E-state index is 6.25. The molecule has 0 bridgehead atoms. The van der Waals surface area contributed by atoms with E-state index in [4.69, 9.17) is 14.4 Å². The molecule has 3 heteroatoms. The zero-order chi connectivity index (χ0) is 40.8. The highest BCUT2D eigenvalue weighted by Crippen LogP contribution is 2.61. The van der Waals surface area contributed by atoms with Crippen molar-refractivity contribution in [1.82, 2.24) is 9.97 Å². The second-order valence-electron chi connectivity index (χ2n) is 16.4. The van der Waals surface area contributed by atoms with Gasteiger partial charge in [-0.15, -0.1) is 0 Å². The molecule has 0 radical (unpaired) electrons. The molecule has 0 N–H and O–H groups in total. The number of furan rings is 1. The van der Waals surface area contributed by atoms with Crippen molar-refractivity contribution < 1.29 is 4.42 Å². The van der Waals surface area contributed by atoms with Gasteiger partial charge >= 0.3 is 0 Å². The first-order chi connectivity index (χ1) is 30.7. The normalized spacial score (nSPS) is 13.0. The SMILES string of the molecule is c1ccc(-c2ccc(-c3cc(-c4ccc5c(c4)C4(c6ccccc6-c6ccccc6-5)c5ccccc5-c5ccccc54)nc(-c4ccc5oc6ccccc6c5c4)n3)cc2)cc1. The van der Waals surface area contributed by atoms with E-state index in [9.17, 15) is 0 Å². The number of fused-ring (bicyclic) bond motifs is 15. The van der Waals surface area contributed by atoms with Gasteiger partial charge in [0.1, 0.15) is 11.2 Å². The molecule has 0 saturated heterocycles. The van der Waals surface area contributed by atoms with E-state index in [1.165, 1.54) is 61.2 Å². The van der Waals surface area contributed by atoms with Crippen LogP contribution in [-0.4, -0.2) is 9.97 Å². The quantitative estimate of drug-likeness (QED) is 0.178. The standard InChI is InChI=1S/C59H36N2O/c1-2-14-37(15-3-1)38-26-28-39(29-27-38)54-36-55(61-58(60-54)41-31-33-57-49(34-41)48-21-9-13-25-56(48)62-57)40-30-32-47-43-17-5-4-16-42(43)44-18-6-10-22-50(44)59(53(47)35-40)51-23-11-7-19-45(51)46-20-8-12-24-52(46)59/h1-36H. The molecule has 2 heterocycles. The summed E-state index contributed by atoms with van der Waals surface area (Å²) in [7, 11) is 0. The molecule has 0 saturated carbocycles. The predicted octanol–water partition coefficient (Wildman–Crippen LogP) is 15.1. The van der Waals surface area contributed by atoms with E-state index in [1.807, 2.05) is 18.2 Å². The molecule has 0 unspecified atom stereocenters. The van der Waals surface area contributed by atoms with Gasteiger partial charge in [0.2, 0.25) is 0 Å². The Morgan fingerprint density at radius 3 is 1.44 bits per heavy atom. The first kappa shape index (κ1) is 34.7. The van der Waals surface area contributed by atoms with E-state index in [-0.39, 0.29) is 0 Å². The Morgan fingerprint density at radius 1 is 0.290 bits per heavy atom. The Balaban J connectivity index is 1.08. The summed E-state index contributed by atoms with van der Waals surface area (Å²) in [6.45, 7) is 0. The van der Waals surface area contributed by atoms with Crippen LogP contribution in [0.1, 0.15) is 22.3 Å². The summed E-state index contributed by atoms with van der Waals surface area (Å²) >= 11 is 0. The van der Waals surface area contributed by atoms with Gasteiger partial charge in [-0.05, 0) is 103 Å². The minimum Gasteiger partial charge on any atom is -0.456 e. The molecule has 2 aromatic heterocycles. The fourth-order valence-electron chi connectivity index (χ4n) is 10.4. The number of benzene rings is 9. The Hall–Kier alpha value is -8.14. The highest BCUT2D eigenvalue weighted by atomic mass is 16.3. The molecule has 0 atom stereocenters. The van der Waals surface area contributed by atoms with Crippen LogP contribution in [0.2, 0.25) is 0 Å². The van der Waals surface area contributed by atoms with Gasteiger partial charge in [-0.1, -0.05) is 182 Å². The van der Waals surface area contributed by atoms with Crippen molar-refractivity contribution >= 4 is 21.9 Å². The number of aromatic nitrogens is 2. The first-order valence-electron chi connectivity index (χ1n) is 21.2. The lowest BCUT2D eigenvalue weighted by Gasteiger charge is -2.35. The van der Waals surface area contributed by atoms with Crippen molar-refractivity contribution in [1.29, 1.82) is 0 Å². The fraction of sp³-hybridized carbons (Fsp3) is 0.0169. The Labute approximate surface area is 359 Å². The Kier molecular flexibility index (Phi) is 7.52. The number of hydrogen-bond acceptors (Lipinski definition) is 3. The zero-order valence-corrected chi connectivity index (χ0v) is 33.6. The number of para-hydroxylation sites is 1. The molecule has 1 spiro atoms. The third-order valence-electron chi connectivity index (χ3n) is 13.2.